The number of halogens is 2. The number of benzene rings is 2. The monoisotopic (exact) mass is 347 g/mol. The lowest BCUT2D eigenvalue weighted by Gasteiger charge is -2.19. The third-order valence-corrected chi connectivity index (χ3v) is 3.44. The van der Waals surface area contributed by atoms with Crippen molar-refractivity contribution >= 4 is 11.9 Å². The highest BCUT2D eigenvalue weighted by atomic mass is 19.1. The van der Waals surface area contributed by atoms with Crippen LogP contribution in [0.5, 0.6) is 0 Å². The number of esters is 1. The van der Waals surface area contributed by atoms with Crippen molar-refractivity contribution in [3.63, 3.8) is 0 Å². The maximum atomic E-state index is 13.8. The second-order valence-corrected chi connectivity index (χ2v) is 5.78. The number of rotatable bonds is 6. The second-order valence-electron chi connectivity index (χ2n) is 5.78. The van der Waals surface area contributed by atoms with Crippen LogP contribution in [0, 0.1) is 11.6 Å². The Hall–Kier alpha value is -2.76. The zero-order valence-corrected chi connectivity index (χ0v) is 14.0. The molecule has 0 heterocycles. The summed E-state index contributed by atoms with van der Waals surface area (Å²) in [4.78, 5) is 24.3. The van der Waals surface area contributed by atoms with Gasteiger partial charge in [-0.2, -0.15) is 0 Å². The number of amides is 1. The minimum Gasteiger partial charge on any atom is -0.463 e. The molecule has 0 saturated carbocycles. The van der Waals surface area contributed by atoms with E-state index in [4.69, 9.17) is 4.74 Å². The summed E-state index contributed by atoms with van der Waals surface area (Å²) in [6.45, 7) is 3.42. The number of carbonyl (C=O) groups excluding carboxylic acids is 2. The summed E-state index contributed by atoms with van der Waals surface area (Å²) in [5.41, 5.74) is -0.0473. The van der Waals surface area contributed by atoms with Crippen LogP contribution in [0.3, 0.4) is 0 Å². The summed E-state index contributed by atoms with van der Waals surface area (Å²) in [6.07, 6.45) is -0.451. The molecule has 0 spiro atoms. The Bertz CT molecular complexity index is 727. The van der Waals surface area contributed by atoms with Gasteiger partial charge >= 0.3 is 5.97 Å². The minimum absolute atomic E-state index is 0.149. The van der Waals surface area contributed by atoms with Gasteiger partial charge in [-0.1, -0.05) is 36.4 Å². The van der Waals surface area contributed by atoms with Gasteiger partial charge in [0, 0.05) is 0 Å². The van der Waals surface area contributed by atoms with Crippen LogP contribution in [0.15, 0.2) is 48.5 Å². The SMILES string of the molecule is CC(C)OC(=O)CC(NC(=O)c1c(F)cccc1F)c1ccccc1. The third kappa shape index (κ3) is 5.11. The van der Waals surface area contributed by atoms with Gasteiger partial charge in [0.2, 0.25) is 0 Å². The Kier molecular flexibility index (Phi) is 6.22. The lowest BCUT2D eigenvalue weighted by atomic mass is 10.0. The van der Waals surface area contributed by atoms with Crippen LogP contribution in [0.2, 0.25) is 0 Å². The fraction of sp³-hybridized carbons (Fsp3) is 0.263. The average Bonchev–Trinajstić information content (AvgIpc) is 2.54. The summed E-state index contributed by atoms with van der Waals surface area (Å²) in [5, 5.41) is 2.52. The van der Waals surface area contributed by atoms with E-state index in [1.807, 2.05) is 0 Å². The smallest absolute Gasteiger partial charge is 0.308 e. The third-order valence-electron chi connectivity index (χ3n) is 3.44. The van der Waals surface area contributed by atoms with Crippen LogP contribution in [0.4, 0.5) is 8.78 Å². The van der Waals surface area contributed by atoms with E-state index in [1.165, 1.54) is 6.07 Å². The summed E-state index contributed by atoms with van der Waals surface area (Å²) in [6, 6.07) is 11.1. The average molecular weight is 347 g/mol. The molecule has 4 nitrogen and oxygen atoms in total. The molecule has 1 N–H and O–H groups in total. The molecule has 0 aliphatic carbocycles. The molecule has 25 heavy (non-hydrogen) atoms. The zero-order chi connectivity index (χ0) is 18.4. The highest BCUT2D eigenvalue weighted by molar-refractivity contribution is 5.95. The van der Waals surface area contributed by atoms with Crippen LogP contribution in [-0.2, 0) is 9.53 Å². The topological polar surface area (TPSA) is 55.4 Å². The van der Waals surface area contributed by atoms with Crippen molar-refractivity contribution in [2.45, 2.75) is 32.4 Å². The van der Waals surface area contributed by atoms with E-state index in [0.29, 0.717) is 5.56 Å². The molecule has 0 aliphatic rings. The van der Waals surface area contributed by atoms with E-state index < -0.39 is 35.1 Å². The van der Waals surface area contributed by atoms with Crippen LogP contribution in [-0.4, -0.2) is 18.0 Å². The lowest BCUT2D eigenvalue weighted by molar-refractivity contribution is -0.147. The molecule has 0 bridgehead atoms. The Labute approximate surface area is 144 Å². The standard InChI is InChI=1S/C19H19F2NO3/c1-12(2)25-17(23)11-16(13-7-4-3-5-8-13)22-19(24)18-14(20)9-6-10-15(18)21/h3-10,12,16H,11H2,1-2H3,(H,22,24). The van der Waals surface area contributed by atoms with E-state index in [9.17, 15) is 18.4 Å². The number of hydrogen-bond donors (Lipinski definition) is 1. The molecule has 1 atom stereocenters. The summed E-state index contributed by atoms with van der Waals surface area (Å²) < 4.78 is 32.7. The van der Waals surface area contributed by atoms with Crippen LogP contribution in [0.25, 0.3) is 0 Å². The van der Waals surface area contributed by atoms with Crippen LogP contribution in [0.1, 0.15) is 42.2 Å². The summed E-state index contributed by atoms with van der Waals surface area (Å²) >= 11 is 0. The lowest BCUT2D eigenvalue weighted by Crippen LogP contribution is -2.32. The molecule has 132 valence electrons. The van der Waals surface area contributed by atoms with Gasteiger partial charge in [-0.25, -0.2) is 8.78 Å². The molecule has 0 aromatic heterocycles. The van der Waals surface area contributed by atoms with Crippen molar-refractivity contribution in [3.05, 3.63) is 71.3 Å². The zero-order valence-electron chi connectivity index (χ0n) is 14.0. The molecule has 1 amide bonds. The fourth-order valence-corrected chi connectivity index (χ4v) is 2.36. The van der Waals surface area contributed by atoms with Gasteiger partial charge in [0.1, 0.15) is 17.2 Å². The van der Waals surface area contributed by atoms with Gasteiger partial charge in [-0.3, -0.25) is 9.59 Å². The molecule has 0 aliphatic heterocycles. The van der Waals surface area contributed by atoms with Crippen molar-refractivity contribution in [1.29, 1.82) is 0 Å². The normalized spacial score (nSPS) is 11.9. The number of ether oxygens (including phenoxy) is 1. The number of nitrogens with one attached hydrogen (secondary N) is 1. The van der Waals surface area contributed by atoms with Gasteiger partial charge < -0.3 is 10.1 Å². The molecule has 0 fully saturated rings. The largest absolute Gasteiger partial charge is 0.463 e. The molecule has 6 heteroatoms. The molecular formula is C19H19F2NO3. The van der Waals surface area contributed by atoms with Crippen LogP contribution >= 0.6 is 0 Å². The van der Waals surface area contributed by atoms with Crippen LogP contribution < -0.4 is 5.32 Å². The Morgan fingerprint density at radius 1 is 1.00 bits per heavy atom. The van der Waals surface area contributed by atoms with Crippen molar-refractivity contribution in [2.75, 3.05) is 0 Å². The first kappa shape index (κ1) is 18.6. The predicted octanol–water partition coefficient (Wildman–Crippen LogP) is 3.78. The van der Waals surface area contributed by atoms with Crippen molar-refractivity contribution < 1.29 is 23.1 Å². The molecule has 2 aromatic rings. The first-order valence-electron chi connectivity index (χ1n) is 7.87. The maximum Gasteiger partial charge on any atom is 0.308 e. The highest BCUT2D eigenvalue weighted by Gasteiger charge is 2.24. The van der Waals surface area contributed by atoms with Gasteiger partial charge in [-0.15, -0.1) is 0 Å². The first-order chi connectivity index (χ1) is 11.9. The quantitative estimate of drug-likeness (QED) is 0.809. The number of carbonyl (C=O) groups is 2. The van der Waals surface area contributed by atoms with E-state index in [-0.39, 0.29) is 12.5 Å². The van der Waals surface area contributed by atoms with Crippen molar-refractivity contribution in [3.8, 4) is 0 Å². The highest BCUT2D eigenvalue weighted by Crippen LogP contribution is 2.20. The maximum absolute atomic E-state index is 13.8. The summed E-state index contributed by atoms with van der Waals surface area (Å²) in [7, 11) is 0. The molecule has 1 unspecified atom stereocenters. The Morgan fingerprint density at radius 2 is 1.60 bits per heavy atom. The second kappa shape index (κ2) is 8.37. The van der Waals surface area contributed by atoms with Gasteiger partial charge in [0.25, 0.3) is 5.91 Å². The molecule has 0 radical (unpaired) electrons. The van der Waals surface area contributed by atoms with Crippen molar-refractivity contribution in [2.24, 2.45) is 0 Å². The predicted molar refractivity (Wildman–Crippen MR) is 88.9 cm³/mol. The molecule has 2 rings (SSSR count). The molecule has 2 aromatic carbocycles. The first-order valence-corrected chi connectivity index (χ1v) is 7.87. The Balaban J connectivity index is 2.24. The molecule has 0 saturated heterocycles. The van der Waals surface area contributed by atoms with E-state index in [0.717, 1.165) is 12.1 Å². The minimum atomic E-state index is -0.964. The van der Waals surface area contributed by atoms with E-state index >= 15 is 0 Å². The van der Waals surface area contributed by atoms with Gasteiger partial charge in [-0.05, 0) is 31.5 Å². The summed E-state index contributed by atoms with van der Waals surface area (Å²) in [5.74, 6) is -3.37. The van der Waals surface area contributed by atoms with Crippen molar-refractivity contribution in [1.82, 2.24) is 5.32 Å². The van der Waals surface area contributed by atoms with E-state index in [2.05, 4.69) is 5.32 Å². The fourth-order valence-electron chi connectivity index (χ4n) is 2.36. The molecular weight excluding hydrogens is 328 g/mol. The Morgan fingerprint density at radius 3 is 2.16 bits per heavy atom. The number of hydrogen-bond acceptors (Lipinski definition) is 3. The van der Waals surface area contributed by atoms with Gasteiger partial charge in [0.05, 0.1) is 18.6 Å². The van der Waals surface area contributed by atoms with E-state index in [1.54, 1.807) is 44.2 Å². The van der Waals surface area contributed by atoms with Gasteiger partial charge in [0.15, 0.2) is 0 Å².